The lowest BCUT2D eigenvalue weighted by Crippen LogP contribution is -2.19. The summed E-state index contributed by atoms with van der Waals surface area (Å²) < 4.78 is 18.7. The van der Waals surface area contributed by atoms with E-state index in [0.29, 0.717) is 29.2 Å². The van der Waals surface area contributed by atoms with Crippen LogP contribution in [0.1, 0.15) is 51.4 Å². The SMILES string of the molecule is COc1cc(-c2csc(=NC3CCCCC3)n2N=CC2CC=CCC2)cc(OC)c1OC. The first-order chi connectivity index (χ1) is 15.7. The molecular weight excluding hydrogens is 422 g/mol. The van der Waals surface area contributed by atoms with Gasteiger partial charge in [0.15, 0.2) is 11.5 Å². The standard InChI is InChI=1S/C25H33N3O3S/c1-29-22-14-19(15-23(30-2)24(22)31-3)21-17-32-25(27-20-12-8-5-9-13-20)28(21)26-16-18-10-6-4-7-11-18/h4,6,14-18,20H,5,7-13H2,1-3H3. The molecule has 1 heterocycles. The molecule has 1 saturated carbocycles. The van der Waals surface area contributed by atoms with Crippen molar-refractivity contribution in [2.75, 3.05) is 21.3 Å². The summed E-state index contributed by atoms with van der Waals surface area (Å²) in [6, 6.07) is 4.33. The quantitative estimate of drug-likeness (QED) is 0.399. The van der Waals surface area contributed by atoms with Crippen molar-refractivity contribution in [1.82, 2.24) is 4.68 Å². The van der Waals surface area contributed by atoms with E-state index in [4.69, 9.17) is 24.3 Å². The summed E-state index contributed by atoms with van der Waals surface area (Å²) in [5.41, 5.74) is 1.94. The molecule has 32 heavy (non-hydrogen) atoms. The maximum absolute atomic E-state index is 5.58. The third-order valence-corrected chi connectivity index (χ3v) is 7.05. The van der Waals surface area contributed by atoms with Gasteiger partial charge in [-0.3, -0.25) is 4.99 Å². The van der Waals surface area contributed by atoms with E-state index in [-0.39, 0.29) is 0 Å². The highest BCUT2D eigenvalue weighted by Crippen LogP contribution is 2.41. The largest absolute Gasteiger partial charge is 0.493 e. The van der Waals surface area contributed by atoms with E-state index in [2.05, 4.69) is 23.7 Å². The Morgan fingerprint density at radius 3 is 2.34 bits per heavy atom. The van der Waals surface area contributed by atoms with Crippen LogP contribution in [0, 0.1) is 5.92 Å². The number of rotatable bonds is 7. The fourth-order valence-electron chi connectivity index (χ4n) is 4.41. The van der Waals surface area contributed by atoms with Crippen LogP contribution < -0.4 is 19.0 Å². The van der Waals surface area contributed by atoms with Gasteiger partial charge in [0.25, 0.3) is 0 Å². The molecule has 6 nitrogen and oxygen atoms in total. The predicted molar refractivity (Wildman–Crippen MR) is 130 cm³/mol. The van der Waals surface area contributed by atoms with E-state index >= 15 is 0 Å². The average Bonchev–Trinajstić information content (AvgIpc) is 3.25. The third-order valence-electron chi connectivity index (χ3n) is 6.22. The minimum absolute atomic E-state index is 0.384. The summed E-state index contributed by atoms with van der Waals surface area (Å²) in [6.07, 6.45) is 16.1. The molecule has 2 aliphatic rings. The number of ether oxygens (including phenoxy) is 3. The zero-order chi connectivity index (χ0) is 22.3. The summed E-state index contributed by atoms with van der Waals surface area (Å²) in [4.78, 5) is 6.06. The Balaban J connectivity index is 1.78. The summed E-state index contributed by atoms with van der Waals surface area (Å²) in [5, 5.41) is 7.07. The van der Waals surface area contributed by atoms with Crippen LogP contribution in [-0.4, -0.2) is 38.3 Å². The van der Waals surface area contributed by atoms with Gasteiger partial charge >= 0.3 is 0 Å². The fourth-order valence-corrected chi connectivity index (χ4v) is 5.32. The number of nitrogens with zero attached hydrogens (tertiary/aromatic N) is 3. The Hall–Kier alpha value is -2.54. The lowest BCUT2D eigenvalue weighted by molar-refractivity contribution is 0.324. The molecule has 1 aromatic heterocycles. The van der Waals surface area contributed by atoms with Gasteiger partial charge in [-0.2, -0.15) is 5.10 Å². The Morgan fingerprint density at radius 2 is 1.72 bits per heavy atom. The molecule has 0 saturated heterocycles. The van der Waals surface area contributed by atoms with Gasteiger partial charge < -0.3 is 14.2 Å². The highest BCUT2D eigenvalue weighted by Gasteiger charge is 2.18. The molecule has 0 radical (unpaired) electrons. The summed E-state index contributed by atoms with van der Waals surface area (Å²) >= 11 is 1.64. The Labute approximate surface area is 194 Å². The average molecular weight is 456 g/mol. The Morgan fingerprint density at radius 1 is 0.969 bits per heavy atom. The van der Waals surface area contributed by atoms with Gasteiger partial charge in [-0.1, -0.05) is 31.4 Å². The Kier molecular flexibility index (Phi) is 7.68. The molecule has 0 N–H and O–H groups in total. The maximum Gasteiger partial charge on any atom is 0.206 e. The van der Waals surface area contributed by atoms with E-state index in [1.807, 2.05) is 16.8 Å². The molecule has 1 unspecified atom stereocenters. The lowest BCUT2D eigenvalue weighted by atomic mass is 9.96. The first kappa shape index (κ1) is 22.6. The van der Waals surface area contributed by atoms with Crippen molar-refractivity contribution in [3.8, 4) is 28.5 Å². The van der Waals surface area contributed by atoms with Gasteiger partial charge in [0.1, 0.15) is 0 Å². The van der Waals surface area contributed by atoms with Crippen molar-refractivity contribution in [2.24, 2.45) is 16.0 Å². The Bertz CT molecular complexity index is 1010. The number of hydrogen-bond acceptors (Lipinski definition) is 6. The predicted octanol–water partition coefficient (Wildman–Crippen LogP) is 5.67. The zero-order valence-electron chi connectivity index (χ0n) is 19.3. The number of methoxy groups -OCH3 is 3. The second-order valence-electron chi connectivity index (χ2n) is 8.36. The number of allylic oxidation sites excluding steroid dienone is 2. The number of thiazole rings is 1. The van der Waals surface area contributed by atoms with E-state index in [0.717, 1.165) is 48.2 Å². The van der Waals surface area contributed by atoms with Gasteiger partial charge in [0, 0.05) is 17.2 Å². The first-order valence-electron chi connectivity index (χ1n) is 11.5. The van der Waals surface area contributed by atoms with E-state index < -0.39 is 0 Å². The molecule has 0 amide bonds. The highest BCUT2D eigenvalue weighted by atomic mass is 32.1. The summed E-state index contributed by atoms with van der Waals surface area (Å²) in [7, 11) is 4.90. The smallest absolute Gasteiger partial charge is 0.206 e. The monoisotopic (exact) mass is 455 g/mol. The number of aromatic nitrogens is 1. The number of benzene rings is 1. The maximum atomic E-state index is 5.58. The summed E-state index contributed by atoms with van der Waals surface area (Å²) in [5.74, 6) is 2.31. The van der Waals surface area contributed by atoms with Crippen molar-refractivity contribution in [1.29, 1.82) is 0 Å². The van der Waals surface area contributed by atoms with Crippen LogP contribution in [0.15, 0.2) is 39.8 Å². The van der Waals surface area contributed by atoms with Crippen molar-refractivity contribution < 1.29 is 14.2 Å². The molecule has 7 heteroatoms. The van der Waals surface area contributed by atoms with Gasteiger partial charge in [0.05, 0.1) is 33.1 Å². The van der Waals surface area contributed by atoms with Crippen molar-refractivity contribution in [3.63, 3.8) is 0 Å². The molecule has 0 spiro atoms. The summed E-state index contributed by atoms with van der Waals surface area (Å²) in [6.45, 7) is 0. The zero-order valence-corrected chi connectivity index (χ0v) is 20.1. The topological polar surface area (TPSA) is 57.3 Å². The van der Waals surface area contributed by atoms with Crippen molar-refractivity contribution in [3.05, 3.63) is 34.5 Å². The minimum Gasteiger partial charge on any atom is -0.493 e. The molecule has 1 fully saturated rings. The molecule has 1 aromatic carbocycles. The van der Waals surface area contributed by atoms with Crippen LogP contribution in [0.4, 0.5) is 0 Å². The molecule has 172 valence electrons. The molecule has 2 aromatic rings. The second kappa shape index (κ2) is 10.9. The van der Waals surface area contributed by atoms with Crippen LogP contribution in [-0.2, 0) is 0 Å². The first-order valence-corrected chi connectivity index (χ1v) is 12.4. The normalized spacial score (nSPS) is 20.1. The van der Waals surface area contributed by atoms with Crippen LogP contribution in [0.25, 0.3) is 11.3 Å². The molecule has 0 bridgehead atoms. The van der Waals surface area contributed by atoms with Crippen LogP contribution >= 0.6 is 11.3 Å². The van der Waals surface area contributed by atoms with Crippen molar-refractivity contribution >= 4 is 17.6 Å². The fraction of sp³-hybridized carbons (Fsp3) is 0.520. The lowest BCUT2D eigenvalue weighted by Gasteiger charge is -2.17. The minimum atomic E-state index is 0.384. The van der Waals surface area contributed by atoms with E-state index in [1.54, 1.807) is 32.7 Å². The molecular formula is C25H33N3O3S. The number of hydrogen-bond donors (Lipinski definition) is 0. The molecule has 1 atom stereocenters. The third kappa shape index (κ3) is 5.09. The van der Waals surface area contributed by atoms with Gasteiger partial charge in [0.2, 0.25) is 10.6 Å². The van der Waals surface area contributed by atoms with Crippen molar-refractivity contribution in [2.45, 2.75) is 57.4 Å². The van der Waals surface area contributed by atoms with E-state index in [9.17, 15) is 0 Å². The highest BCUT2D eigenvalue weighted by molar-refractivity contribution is 7.07. The van der Waals surface area contributed by atoms with E-state index in [1.165, 1.54) is 19.3 Å². The van der Waals surface area contributed by atoms with Gasteiger partial charge in [-0.15, -0.1) is 11.3 Å². The molecule has 2 aliphatic carbocycles. The van der Waals surface area contributed by atoms with Crippen LogP contribution in [0.5, 0.6) is 17.2 Å². The van der Waals surface area contributed by atoms with Gasteiger partial charge in [-0.25, -0.2) is 4.68 Å². The second-order valence-corrected chi connectivity index (χ2v) is 9.20. The van der Waals surface area contributed by atoms with Gasteiger partial charge in [-0.05, 0) is 50.2 Å². The molecule has 0 aliphatic heterocycles. The van der Waals surface area contributed by atoms with Crippen LogP contribution in [0.2, 0.25) is 0 Å². The molecule has 4 rings (SSSR count). The van der Waals surface area contributed by atoms with Crippen LogP contribution in [0.3, 0.4) is 0 Å².